The van der Waals surface area contributed by atoms with Crippen LogP contribution in [0.5, 0.6) is 5.75 Å². The van der Waals surface area contributed by atoms with Gasteiger partial charge in [0.05, 0.1) is 13.2 Å². The molecule has 0 bridgehead atoms. The second-order valence-electron chi connectivity index (χ2n) is 5.22. The number of thioether (sulfide) groups is 1. The van der Waals surface area contributed by atoms with Crippen LogP contribution in [-0.4, -0.2) is 31.4 Å². The van der Waals surface area contributed by atoms with Crippen molar-refractivity contribution in [2.24, 2.45) is 0 Å². The van der Waals surface area contributed by atoms with Crippen molar-refractivity contribution in [3.05, 3.63) is 60.2 Å². The highest BCUT2D eigenvalue weighted by atomic mass is 32.2. The summed E-state index contributed by atoms with van der Waals surface area (Å²) in [5, 5.41) is 6.03. The van der Waals surface area contributed by atoms with E-state index in [0.717, 1.165) is 29.5 Å². The molecule has 0 aliphatic heterocycles. The molecule has 2 rings (SSSR count). The third kappa shape index (κ3) is 7.06. The molecule has 4 nitrogen and oxygen atoms in total. The minimum atomic E-state index is -0.0350. The maximum absolute atomic E-state index is 11.9. The molecule has 24 heavy (non-hydrogen) atoms. The van der Waals surface area contributed by atoms with Gasteiger partial charge in [0.25, 0.3) is 0 Å². The lowest BCUT2D eigenvalue weighted by Crippen LogP contribution is -2.29. The Labute approximate surface area is 148 Å². The van der Waals surface area contributed by atoms with E-state index in [1.807, 2.05) is 49.0 Å². The number of ether oxygens (including phenoxy) is 1. The van der Waals surface area contributed by atoms with Gasteiger partial charge in [-0.2, -0.15) is 11.8 Å². The number of hydrogen-bond acceptors (Lipinski definition) is 4. The first-order valence-corrected chi connectivity index (χ1v) is 9.28. The van der Waals surface area contributed by atoms with Gasteiger partial charge in [0.1, 0.15) is 5.75 Å². The van der Waals surface area contributed by atoms with Crippen LogP contribution in [0.4, 0.5) is 5.69 Å². The van der Waals surface area contributed by atoms with Crippen LogP contribution in [0.3, 0.4) is 0 Å². The zero-order chi connectivity index (χ0) is 17.0. The summed E-state index contributed by atoms with van der Waals surface area (Å²) in [6, 6.07) is 17.8. The Morgan fingerprint density at radius 2 is 1.83 bits per heavy atom. The highest BCUT2D eigenvalue weighted by molar-refractivity contribution is 7.98. The van der Waals surface area contributed by atoms with Crippen LogP contribution in [0.2, 0.25) is 0 Å². The first-order valence-electron chi connectivity index (χ1n) is 8.13. The van der Waals surface area contributed by atoms with Crippen molar-refractivity contribution in [2.45, 2.75) is 12.7 Å². The van der Waals surface area contributed by atoms with Crippen LogP contribution in [0.25, 0.3) is 0 Å². The van der Waals surface area contributed by atoms with Gasteiger partial charge in [0.15, 0.2) is 0 Å². The lowest BCUT2D eigenvalue weighted by molar-refractivity contribution is -0.115. The molecule has 0 fully saturated rings. The predicted molar refractivity (Wildman–Crippen MR) is 102 cm³/mol. The Kier molecular flexibility index (Phi) is 8.21. The third-order valence-corrected chi connectivity index (χ3v) is 4.30. The van der Waals surface area contributed by atoms with E-state index in [1.54, 1.807) is 0 Å². The molecule has 0 saturated heterocycles. The highest BCUT2D eigenvalue weighted by Crippen LogP contribution is 2.15. The molecule has 2 aromatic rings. The Morgan fingerprint density at radius 1 is 1.08 bits per heavy atom. The summed E-state index contributed by atoms with van der Waals surface area (Å²) < 4.78 is 5.37. The van der Waals surface area contributed by atoms with Crippen molar-refractivity contribution >= 4 is 23.4 Å². The van der Waals surface area contributed by atoms with E-state index in [0.29, 0.717) is 13.2 Å². The third-order valence-electron chi connectivity index (χ3n) is 3.27. The molecule has 0 spiro atoms. The van der Waals surface area contributed by atoms with Gasteiger partial charge in [-0.25, -0.2) is 0 Å². The second-order valence-corrected chi connectivity index (χ2v) is 6.33. The fourth-order valence-electron chi connectivity index (χ4n) is 2.12. The van der Waals surface area contributed by atoms with Crippen LogP contribution < -0.4 is 15.4 Å². The lowest BCUT2D eigenvalue weighted by Gasteiger charge is -2.08. The summed E-state index contributed by atoms with van der Waals surface area (Å²) in [4.78, 5) is 11.9. The second kappa shape index (κ2) is 10.7. The van der Waals surface area contributed by atoms with Crippen LogP contribution in [0, 0.1) is 0 Å². The Morgan fingerprint density at radius 3 is 2.54 bits per heavy atom. The number of anilines is 1. The van der Waals surface area contributed by atoms with E-state index in [9.17, 15) is 4.79 Å². The summed E-state index contributed by atoms with van der Waals surface area (Å²) in [6.45, 7) is 3.71. The summed E-state index contributed by atoms with van der Waals surface area (Å²) in [7, 11) is 0. The summed E-state index contributed by atoms with van der Waals surface area (Å²) in [6.07, 6.45) is 0. The largest absolute Gasteiger partial charge is 0.494 e. The normalized spacial score (nSPS) is 10.4. The van der Waals surface area contributed by atoms with Crippen LogP contribution in [0.1, 0.15) is 12.5 Å². The predicted octanol–water partition coefficient (Wildman–Crippen LogP) is 3.55. The average molecular weight is 344 g/mol. The molecule has 0 aliphatic rings. The lowest BCUT2D eigenvalue weighted by atomic mass is 10.2. The van der Waals surface area contributed by atoms with Gasteiger partial charge in [-0.05, 0) is 36.8 Å². The number of benzene rings is 2. The standard InChI is InChI=1S/C19H24N2O2S/c1-2-23-18-10-8-17(9-11-18)21-19(22)14-20-12-13-24-15-16-6-4-3-5-7-16/h3-11,20H,2,12-15H2,1H3,(H,21,22). The first-order chi connectivity index (χ1) is 11.8. The molecule has 2 N–H and O–H groups in total. The number of carbonyl (C=O) groups is 1. The molecule has 0 saturated carbocycles. The number of hydrogen-bond donors (Lipinski definition) is 2. The SMILES string of the molecule is CCOc1ccc(NC(=O)CNCCSCc2ccccc2)cc1. The van der Waals surface area contributed by atoms with Gasteiger partial charge in [-0.15, -0.1) is 0 Å². The fraction of sp³-hybridized carbons (Fsp3) is 0.316. The number of nitrogens with one attached hydrogen (secondary N) is 2. The van der Waals surface area contributed by atoms with Crippen molar-refractivity contribution in [1.82, 2.24) is 5.32 Å². The Hall–Kier alpha value is -1.98. The molecule has 0 heterocycles. The van der Waals surface area contributed by atoms with Crippen molar-refractivity contribution < 1.29 is 9.53 Å². The van der Waals surface area contributed by atoms with Crippen molar-refractivity contribution in [3.8, 4) is 5.75 Å². The monoisotopic (exact) mass is 344 g/mol. The van der Waals surface area contributed by atoms with Gasteiger partial charge in [-0.1, -0.05) is 30.3 Å². The zero-order valence-corrected chi connectivity index (χ0v) is 14.8. The van der Waals surface area contributed by atoms with Gasteiger partial charge in [-0.3, -0.25) is 4.79 Å². The fourth-order valence-corrected chi connectivity index (χ4v) is 2.98. The molecule has 0 unspecified atom stereocenters. The maximum atomic E-state index is 11.9. The summed E-state index contributed by atoms with van der Waals surface area (Å²) in [5.41, 5.74) is 2.11. The van der Waals surface area contributed by atoms with Gasteiger partial charge in [0.2, 0.25) is 5.91 Å². The quantitative estimate of drug-likeness (QED) is 0.647. The number of rotatable bonds is 10. The van der Waals surface area contributed by atoms with E-state index in [-0.39, 0.29) is 5.91 Å². The molecule has 1 amide bonds. The van der Waals surface area contributed by atoms with E-state index < -0.39 is 0 Å². The van der Waals surface area contributed by atoms with Crippen LogP contribution >= 0.6 is 11.8 Å². The topological polar surface area (TPSA) is 50.4 Å². The number of amides is 1. The smallest absolute Gasteiger partial charge is 0.238 e. The Bertz CT molecular complexity index is 603. The summed E-state index contributed by atoms with van der Waals surface area (Å²) in [5.74, 6) is 2.75. The molecule has 0 atom stereocenters. The Balaban J connectivity index is 1.56. The summed E-state index contributed by atoms with van der Waals surface area (Å²) >= 11 is 1.86. The number of carbonyl (C=O) groups excluding carboxylic acids is 1. The van der Waals surface area contributed by atoms with Crippen molar-refractivity contribution in [1.29, 1.82) is 0 Å². The highest BCUT2D eigenvalue weighted by Gasteiger charge is 2.02. The van der Waals surface area contributed by atoms with E-state index >= 15 is 0 Å². The van der Waals surface area contributed by atoms with Gasteiger partial charge < -0.3 is 15.4 Å². The molecule has 128 valence electrons. The van der Waals surface area contributed by atoms with Crippen LogP contribution in [0.15, 0.2) is 54.6 Å². The minimum absolute atomic E-state index is 0.0350. The molecule has 2 aromatic carbocycles. The van der Waals surface area contributed by atoms with E-state index in [1.165, 1.54) is 5.56 Å². The maximum Gasteiger partial charge on any atom is 0.238 e. The zero-order valence-electron chi connectivity index (χ0n) is 14.0. The molecule has 0 aromatic heterocycles. The van der Waals surface area contributed by atoms with Crippen LogP contribution in [-0.2, 0) is 10.5 Å². The van der Waals surface area contributed by atoms with E-state index in [4.69, 9.17) is 4.74 Å². The molecule has 5 heteroatoms. The van der Waals surface area contributed by atoms with Crippen molar-refractivity contribution in [3.63, 3.8) is 0 Å². The first kappa shape index (κ1) is 18.4. The van der Waals surface area contributed by atoms with Gasteiger partial charge in [0, 0.05) is 23.7 Å². The molecule has 0 aliphatic carbocycles. The minimum Gasteiger partial charge on any atom is -0.494 e. The van der Waals surface area contributed by atoms with Gasteiger partial charge >= 0.3 is 0 Å². The average Bonchev–Trinajstić information content (AvgIpc) is 2.61. The molecular weight excluding hydrogens is 320 g/mol. The molecule has 0 radical (unpaired) electrons. The van der Waals surface area contributed by atoms with Crippen molar-refractivity contribution in [2.75, 3.05) is 30.8 Å². The molecular formula is C19H24N2O2S. The van der Waals surface area contributed by atoms with E-state index in [2.05, 4.69) is 34.9 Å².